The van der Waals surface area contributed by atoms with Crippen LogP contribution in [0.3, 0.4) is 0 Å². The molecule has 132 valence electrons. The normalized spacial score (nSPS) is 17.4. The number of amides is 2. The van der Waals surface area contributed by atoms with Crippen LogP contribution >= 0.6 is 11.3 Å². The molecule has 0 saturated carbocycles. The number of hydrogen-bond acceptors (Lipinski definition) is 3. The van der Waals surface area contributed by atoms with Gasteiger partial charge in [-0.3, -0.25) is 9.59 Å². The van der Waals surface area contributed by atoms with E-state index in [0.29, 0.717) is 17.8 Å². The van der Waals surface area contributed by atoms with Crippen molar-refractivity contribution >= 4 is 28.8 Å². The first kappa shape index (κ1) is 17.5. The number of piperidine rings is 1. The summed E-state index contributed by atoms with van der Waals surface area (Å²) < 4.78 is 40.1. The first-order valence-corrected chi connectivity index (χ1v) is 8.66. The predicted octanol–water partition coefficient (Wildman–Crippen LogP) is 3.80. The molecule has 1 N–H and O–H groups in total. The zero-order chi connectivity index (χ0) is 18.0. The molecular weight excluding hydrogens is 353 g/mol. The van der Waals surface area contributed by atoms with Crippen LogP contribution in [0.2, 0.25) is 0 Å². The summed E-state index contributed by atoms with van der Waals surface area (Å²) in [5.41, 5.74) is -0.446. The monoisotopic (exact) mass is 368 g/mol. The Labute approximate surface area is 146 Å². The van der Waals surface area contributed by atoms with E-state index in [4.69, 9.17) is 0 Å². The van der Waals surface area contributed by atoms with Crippen molar-refractivity contribution in [1.29, 1.82) is 0 Å². The Morgan fingerprint density at radius 1 is 1.12 bits per heavy atom. The fraction of sp³-hybridized carbons (Fsp3) is 0.294. The summed E-state index contributed by atoms with van der Waals surface area (Å²) in [6.45, 7) is 0.412. The van der Waals surface area contributed by atoms with Crippen LogP contribution in [0, 0.1) is 17.5 Å². The van der Waals surface area contributed by atoms with Crippen LogP contribution in [0.15, 0.2) is 29.6 Å². The predicted molar refractivity (Wildman–Crippen MR) is 87.9 cm³/mol. The van der Waals surface area contributed by atoms with Crippen molar-refractivity contribution in [2.24, 2.45) is 0 Å². The van der Waals surface area contributed by atoms with Crippen molar-refractivity contribution in [3.05, 3.63) is 52.0 Å². The number of halogens is 3. The Balaban J connectivity index is 1.80. The van der Waals surface area contributed by atoms with Gasteiger partial charge in [-0.15, -0.1) is 11.3 Å². The van der Waals surface area contributed by atoms with Crippen LogP contribution in [-0.2, 0) is 4.79 Å². The second-order valence-electron chi connectivity index (χ2n) is 5.70. The quantitative estimate of drug-likeness (QED) is 0.838. The van der Waals surface area contributed by atoms with Crippen LogP contribution < -0.4 is 5.32 Å². The molecule has 1 saturated heterocycles. The maximum atomic E-state index is 13.8. The highest BCUT2D eigenvalue weighted by Gasteiger charge is 2.33. The summed E-state index contributed by atoms with van der Waals surface area (Å²) in [4.78, 5) is 27.0. The van der Waals surface area contributed by atoms with E-state index in [0.717, 1.165) is 25.0 Å². The number of benzene rings is 1. The molecule has 2 heterocycles. The van der Waals surface area contributed by atoms with Gasteiger partial charge in [-0.05, 0) is 42.8 Å². The molecule has 0 unspecified atom stereocenters. The molecule has 0 spiro atoms. The molecule has 1 aliphatic rings. The highest BCUT2D eigenvalue weighted by molar-refractivity contribution is 7.12. The van der Waals surface area contributed by atoms with E-state index in [1.54, 1.807) is 17.5 Å². The molecule has 25 heavy (non-hydrogen) atoms. The van der Waals surface area contributed by atoms with E-state index >= 15 is 0 Å². The SMILES string of the molecule is O=C(Nc1ccc(F)c(F)c1F)[C@H]1CCCCN1C(=O)c1cccs1. The largest absolute Gasteiger partial charge is 0.326 e. The van der Waals surface area contributed by atoms with E-state index in [2.05, 4.69) is 5.32 Å². The van der Waals surface area contributed by atoms with Gasteiger partial charge < -0.3 is 10.2 Å². The number of rotatable bonds is 3. The Kier molecular flexibility index (Phi) is 5.08. The highest BCUT2D eigenvalue weighted by Crippen LogP contribution is 2.24. The Morgan fingerprint density at radius 2 is 1.92 bits per heavy atom. The standard InChI is InChI=1S/C17H15F3N2O2S/c18-10-6-7-11(15(20)14(10)19)21-16(23)12-4-1-2-8-22(12)17(24)13-5-3-9-25-13/h3,5-7,9,12H,1-2,4,8H2,(H,21,23)/t12-/m1/s1. The number of carbonyl (C=O) groups excluding carboxylic acids is 2. The third kappa shape index (κ3) is 3.53. The van der Waals surface area contributed by atoms with Gasteiger partial charge in [0, 0.05) is 6.54 Å². The maximum Gasteiger partial charge on any atom is 0.264 e. The average molecular weight is 368 g/mol. The van der Waals surface area contributed by atoms with Gasteiger partial charge in [0.05, 0.1) is 10.6 Å². The lowest BCUT2D eigenvalue weighted by molar-refractivity contribution is -0.121. The fourth-order valence-electron chi connectivity index (χ4n) is 2.83. The summed E-state index contributed by atoms with van der Waals surface area (Å²) in [5, 5.41) is 4.03. The molecule has 0 radical (unpaired) electrons. The van der Waals surface area contributed by atoms with Gasteiger partial charge in [-0.25, -0.2) is 13.2 Å². The van der Waals surface area contributed by atoms with Crippen molar-refractivity contribution in [3.63, 3.8) is 0 Å². The molecule has 2 amide bonds. The van der Waals surface area contributed by atoms with Gasteiger partial charge in [-0.2, -0.15) is 0 Å². The molecule has 4 nitrogen and oxygen atoms in total. The number of nitrogens with one attached hydrogen (secondary N) is 1. The minimum absolute atomic E-state index is 0.263. The van der Waals surface area contributed by atoms with Gasteiger partial charge in [0.25, 0.3) is 5.91 Å². The van der Waals surface area contributed by atoms with Gasteiger partial charge in [-0.1, -0.05) is 6.07 Å². The second kappa shape index (κ2) is 7.26. The number of thiophene rings is 1. The first-order chi connectivity index (χ1) is 12.0. The van der Waals surface area contributed by atoms with Crippen molar-refractivity contribution in [3.8, 4) is 0 Å². The Morgan fingerprint density at radius 3 is 2.64 bits per heavy atom. The number of anilines is 1. The third-order valence-electron chi connectivity index (χ3n) is 4.09. The van der Waals surface area contributed by atoms with Crippen LogP contribution in [0.25, 0.3) is 0 Å². The zero-order valence-corrected chi connectivity index (χ0v) is 13.9. The molecule has 1 fully saturated rings. The van der Waals surface area contributed by atoms with Gasteiger partial charge in [0.15, 0.2) is 17.5 Å². The third-order valence-corrected chi connectivity index (χ3v) is 4.95. The highest BCUT2D eigenvalue weighted by atomic mass is 32.1. The summed E-state index contributed by atoms with van der Waals surface area (Å²) in [6.07, 6.45) is 1.93. The molecule has 8 heteroatoms. The zero-order valence-electron chi connectivity index (χ0n) is 13.1. The summed E-state index contributed by atoms with van der Waals surface area (Å²) in [7, 11) is 0. The van der Waals surface area contributed by atoms with Crippen molar-refractivity contribution in [2.45, 2.75) is 25.3 Å². The van der Waals surface area contributed by atoms with E-state index in [-0.39, 0.29) is 5.91 Å². The van der Waals surface area contributed by atoms with Crippen molar-refractivity contribution in [1.82, 2.24) is 4.90 Å². The summed E-state index contributed by atoms with van der Waals surface area (Å²) in [5.74, 6) is -5.31. The molecule has 2 aromatic rings. The first-order valence-electron chi connectivity index (χ1n) is 7.78. The van der Waals surface area contributed by atoms with Gasteiger partial charge in [0.1, 0.15) is 6.04 Å². The molecule has 0 aliphatic carbocycles. The fourth-order valence-corrected chi connectivity index (χ4v) is 3.51. The smallest absolute Gasteiger partial charge is 0.264 e. The summed E-state index contributed by atoms with van der Waals surface area (Å²) >= 11 is 1.27. The number of nitrogens with zero attached hydrogens (tertiary/aromatic N) is 1. The van der Waals surface area contributed by atoms with E-state index < -0.39 is 35.1 Å². The van der Waals surface area contributed by atoms with E-state index in [1.807, 2.05) is 0 Å². The van der Waals surface area contributed by atoms with Gasteiger partial charge >= 0.3 is 0 Å². The lowest BCUT2D eigenvalue weighted by Gasteiger charge is -2.34. The molecule has 0 bridgehead atoms. The minimum Gasteiger partial charge on any atom is -0.326 e. The topological polar surface area (TPSA) is 49.4 Å². The minimum atomic E-state index is -1.65. The molecular formula is C17H15F3N2O2S. The van der Waals surface area contributed by atoms with Crippen LogP contribution in [-0.4, -0.2) is 29.3 Å². The number of carbonyl (C=O) groups is 2. The van der Waals surface area contributed by atoms with Crippen molar-refractivity contribution in [2.75, 3.05) is 11.9 Å². The van der Waals surface area contributed by atoms with Crippen LogP contribution in [0.5, 0.6) is 0 Å². The Bertz CT molecular complexity index is 795. The van der Waals surface area contributed by atoms with Crippen LogP contribution in [0.4, 0.5) is 18.9 Å². The average Bonchev–Trinajstić information content (AvgIpc) is 3.16. The van der Waals surface area contributed by atoms with Crippen molar-refractivity contribution < 1.29 is 22.8 Å². The molecule has 1 aliphatic heterocycles. The number of hydrogen-bond donors (Lipinski definition) is 1. The number of likely N-dealkylation sites (tertiary alicyclic amines) is 1. The lowest BCUT2D eigenvalue weighted by Crippen LogP contribution is -2.49. The lowest BCUT2D eigenvalue weighted by atomic mass is 10.0. The summed E-state index contributed by atoms with van der Waals surface area (Å²) in [6, 6.07) is 4.33. The van der Waals surface area contributed by atoms with E-state index in [9.17, 15) is 22.8 Å². The van der Waals surface area contributed by atoms with Gasteiger partial charge in [0.2, 0.25) is 5.91 Å². The molecule has 3 rings (SSSR count). The molecule has 1 atom stereocenters. The van der Waals surface area contributed by atoms with Crippen LogP contribution in [0.1, 0.15) is 28.9 Å². The Hall–Kier alpha value is -2.35. The molecule has 1 aromatic heterocycles. The second-order valence-corrected chi connectivity index (χ2v) is 6.65. The molecule has 1 aromatic carbocycles. The maximum absolute atomic E-state index is 13.8. The van der Waals surface area contributed by atoms with E-state index in [1.165, 1.54) is 16.2 Å².